The number of sulfonamides is 1. The van der Waals surface area contributed by atoms with E-state index in [4.69, 9.17) is 16.7 Å². The second kappa shape index (κ2) is 6.01. The number of nitrogens with two attached hydrogens (primary N) is 1. The Kier molecular flexibility index (Phi) is 4.51. The molecule has 0 aromatic heterocycles. The van der Waals surface area contributed by atoms with Crippen molar-refractivity contribution in [3.8, 4) is 0 Å². The normalized spacial score (nSPS) is 13.0. The topological polar surface area (TPSA) is 72.2 Å². The molecule has 0 aliphatic carbocycles. The van der Waals surface area contributed by atoms with Gasteiger partial charge in [-0.25, -0.2) is 17.9 Å². The molecule has 0 saturated heterocycles. The van der Waals surface area contributed by atoms with Gasteiger partial charge in [-0.15, -0.1) is 0 Å². The van der Waals surface area contributed by atoms with Gasteiger partial charge in [0.1, 0.15) is 5.82 Å². The molecular formula is C14H14ClFN2O2S. The van der Waals surface area contributed by atoms with Crippen molar-refractivity contribution in [3.63, 3.8) is 0 Å². The minimum atomic E-state index is -3.71. The third-order valence-electron chi connectivity index (χ3n) is 3.01. The van der Waals surface area contributed by atoms with Crippen molar-refractivity contribution in [1.29, 1.82) is 0 Å². The van der Waals surface area contributed by atoms with Crippen LogP contribution in [-0.4, -0.2) is 8.42 Å². The molecular weight excluding hydrogens is 315 g/mol. The molecule has 0 aliphatic heterocycles. The fourth-order valence-electron chi connectivity index (χ4n) is 1.87. The highest BCUT2D eigenvalue weighted by Gasteiger charge is 2.11. The lowest BCUT2D eigenvalue weighted by Crippen LogP contribution is -2.13. The average Bonchev–Trinajstić information content (AvgIpc) is 2.41. The Morgan fingerprint density at radius 1 is 1.19 bits per heavy atom. The first-order valence-electron chi connectivity index (χ1n) is 6.12. The van der Waals surface area contributed by atoms with E-state index in [9.17, 15) is 12.8 Å². The van der Waals surface area contributed by atoms with Crippen LogP contribution in [0.15, 0.2) is 47.4 Å². The summed E-state index contributed by atoms with van der Waals surface area (Å²) < 4.78 is 36.1. The lowest BCUT2D eigenvalue weighted by atomic mass is 10.1. The standard InChI is InChI=1S/C14H14ClFN2O2S/c1-9(18-14-7-4-11(15)8-13(14)16)10-2-5-12(6-3-10)21(17,19)20/h2-9,18H,1H3,(H2,17,19,20). The molecule has 0 bridgehead atoms. The van der Waals surface area contributed by atoms with Crippen LogP contribution in [0.1, 0.15) is 18.5 Å². The Balaban J connectivity index is 2.18. The van der Waals surface area contributed by atoms with Gasteiger partial charge in [-0.1, -0.05) is 23.7 Å². The van der Waals surface area contributed by atoms with E-state index in [1.807, 2.05) is 6.92 Å². The molecule has 0 spiro atoms. The van der Waals surface area contributed by atoms with Crippen LogP contribution in [0.2, 0.25) is 5.02 Å². The lowest BCUT2D eigenvalue weighted by Gasteiger charge is -2.16. The van der Waals surface area contributed by atoms with E-state index in [1.165, 1.54) is 18.2 Å². The highest BCUT2D eigenvalue weighted by atomic mass is 35.5. The molecule has 0 amide bonds. The second-order valence-electron chi connectivity index (χ2n) is 4.60. The zero-order chi connectivity index (χ0) is 15.6. The molecule has 0 aliphatic rings. The van der Waals surface area contributed by atoms with Crippen molar-refractivity contribution in [2.75, 3.05) is 5.32 Å². The van der Waals surface area contributed by atoms with Gasteiger partial charge in [-0.05, 0) is 42.8 Å². The molecule has 0 radical (unpaired) electrons. The predicted molar refractivity (Wildman–Crippen MR) is 81.3 cm³/mol. The average molecular weight is 329 g/mol. The van der Waals surface area contributed by atoms with E-state index >= 15 is 0 Å². The second-order valence-corrected chi connectivity index (χ2v) is 6.60. The van der Waals surface area contributed by atoms with Crippen LogP contribution < -0.4 is 10.5 Å². The van der Waals surface area contributed by atoms with Crippen LogP contribution in [0.4, 0.5) is 10.1 Å². The molecule has 0 heterocycles. The zero-order valence-corrected chi connectivity index (χ0v) is 12.7. The van der Waals surface area contributed by atoms with Crippen molar-refractivity contribution in [2.24, 2.45) is 5.14 Å². The number of halogens is 2. The summed E-state index contributed by atoms with van der Waals surface area (Å²) in [6.07, 6.45) is 0. The number of nitrogens with one attached hydrogen (secondary N) is 1. The summed E-state index contributed by atoms with van der Waals surface area (Å²) in [6.45, 7) is 1.83. The number of primary sulfonamides is 1. The number of anilines is 1. The van der Waals surface area contributed by atoms with E-state index in [0.717, 1.165) is 5.56 Å². The lowest BCUT2D eigenvalue weighted by molar-refractivity contribution is 0.597. The van der Waals surface area contributed by atoms with Gasteiger partial charge in [0.15, 0.2) is 0 Å². The summed E-state index contributed by atoms with van der Waals surface area (Å²) in [5.41, 5.74) is 1.12. The minimum Gasteiger partial charge on any atom is -0.376 e. The van der Waals surface area contributed by atoms with Crippen molar-refractivity contribution in [1.82, 2.24) is 0 Å². The van der Waals surface area contributed by atoms with Crippen LogP contribution in [0, 0.1) is 5.82 Å². The number of hydrogen-bond acceptors (Lipinski definition) is 3. The van der Waals surface area contributed by atoms with E-state index < -0.39 is 15.8 Å². The Bertz CT molecular complexity index is 748. The largest absolute Gasteiger partial charge is 0.376 e. The van der Waals surface area contributed by atoms with Crippen LogP contribution >= 0.6 is 11.6 Å². The smallest absolute Gasteiger partial charge is 0.238 e. The monoisotopic (exact) mass is 328 g/mol. The third kappa shape index (κ3) is 3.93. The van der Waals surface area contributed by atoms with E-state index in [1.54, 1.807) is 24.3 Å². The molecule has 1 unspecified atom stereocenters. The molecule has 4 nitrogen and oxygen atoms in total. The number of hydrogen-bond donors (Lipinski definition) is 2. The van der Waals surface area contributed by atoms with Gasteiger partial charge >= 0.3 is 0 Å². The summed E-state index contributed by atoms with van der Waals surface area (Å²) in [7, 11) is -3.71. The first-order valence-corrected chi connectivity index (χ1v) is 8.04. The summed E-state index contributed by atoms with van der Waals surface area (Å²) in [5, 5.41) is 8.35. The summed E-state index contributed by atoms with van der Waals surface area (Å²) >= 11 is 5.69. The predicted octanol–water partition coefficient (Wildman–Crippen LogP) is 3.30. The molecule has 2 rings (SSSR count). The van der Waals surface area contributed by atoms with Gasteiger partial charge in [-0.2, -0.15) is 0 Å². The van der Waals surface area contributed by atoms with E-state index in [2.05, 4.69) is 5.32 Å². The molecule has 0 saturated carbocycles. The van der Waals surface area contributed by atoms with Gasteiger partial charge in [0.2, 0.25) is 10.0 Å². The highest BCUT2D eigenvalue weighted by Crippen LogP contribution is 2.24. The van der Waals surface area contributed by atoms with Crippen LogP contribution in [0.25, 0.3) is 0 Å². The summed E-state index contributed by atoms with van der Waals surface area (Å²) in [4.78, 5) is 0.0381. The molecule has 2 aromatic rings. The van der Waals surface area contributed by atoms with Gasteiger partial charge in [-0.3, -0.25) is 0 Å². The van der Waals surface area contributed by atoms with Crippen molar-refractivity contribution < 1.29 is 12.8 Å². The maximum atomic E-state index is 13.7. The Hall–Kier alpha value is -1.63. The van der Waals surface area contributed by atoms with Crippen LogP contribution in [-0.2, 0) is 10.0 Å². The van der Waals surface area contributed by atoms with Crippen LogP contribution in [0.3, 0.4) is 0 Å². The first kappa shape index (κ1) is 15.8. The van der Waals surface area contributed by atoms with Crippen LogP contribution in [0.5, 0.6) is 0 Å². The zero-order valence-electron chi connectivity index (χ0n) is 11.2. The molecule has 21 heavy (non-hydrogen) atoms. The van der Waals surface area contributed by atoms with E-state index in [-0.39, 0.29) is 10.9 Å². The molecule has 1 atom stereocenters. The quantitative estimate of drug-likeness (QED) is 0.904. The molecule has 7 heteroatoms. The van der Waals surface area contributed by atoms with Crippen molar-refractivity contribution in [3.05, 3.63) is 58.9 Å². The van der Waals surface area contributed by atoms with E-state index in [0.29, 0.717) is 10.7 Å². The van der Waals surface area contributed by atoms with Crippen molar-refractivity contribution in [2.45, 2.75) is 17.9 Å². The molecule has 112 valence electrons. The third-order valence-corrected chi connectivity index (χ3v) is 4.18. The minimum absolute atomic E-state index is 0.0381. The summed E-state index contributed by atoms with van der Waals surface area (Å²) in [6, 6.07) is 10.2. The molecule has 0 fully saturated rings. The maximum Gasteiger partial charge on any atom is 0.238 e. The van der Waals surface area contributed by atoms with Gasteiger partial charge in [0, 0.05) is 11.1 Å². The first-order chi connectivity index (χ1) is 9.77. The Labute approximate surface area is 127 Å². The summed E-state index contributed by atoms with van der Waals surface area (Å²) in [5.74, 6) is -0.449. The van der Waals surface area contributed by atoms with Gasteiger partial charge < -0.3 is 5.32 Å². The SMILES string of the molecule is CC(Nc1ccc(Cl)cc1F)c1ccc(S(N)(=O)=O)cc1. The maximum absolute atomic E-state index is 13.7. The fraction of sp³-hybridized carbons (Fsp3) is 0.143. The highest BCUT2D eigenvalue weighted by molar-refractivity contribution is 7.89. The van der Waals surface area contributed by atoms with Gasteiger partial charge in [0.25, 0.3) is 0 Å². The molecule has 3 N–H and O–H groups in total. The van der Waals surface area contributed by atoms with Crippen molar-refractivity contribution >= 4 is 27.3 Å². The Morgan fingerprint density at radius 2 is 1.81 bits per heavy atom. The molecule has 2 aromatic carbocycles. The number of rotatable bonds is 4. The Morgan fingerprint density at radius 3 is 2.33 bits per heavy atom. The fourth-order valence-corrected chi connectivity index (χ4v) is 2.54. The number of benzene rings is 2. The van der Waals surface area contributed by atoms with Gasteiger partial charge in [0.05, 0.1) is 10.6 Å².